The van der Waals surface area contributed by atoms with Gasteiger partial charge in [0, 0.05) is 6.54 Å². The number of amides is 1. The van der Waals surface area contributed by atoms with Crippen LogP contribution in [-0.2, 0) is 4.79 Å². The first-order valence-electron chi connectivity index (χ1n) is 6.57. The lowest BCUT2D eigenvalue weighted by Crippen LogP contribution is -2.50. The Balaban J connectivity index is 1.87. The van der Waals surface area contributed by atoms with E-state index in [0.717, 1.165) is 0 Å². The van der Waals surface area contributed by atoms with E-state index in [1.54, 1.807) is 25.3 Å². The molecule has 21 heavy (non-hydrogen) atoms. The number of hydrogen-bond donors (Lipinski definition) is 1. The zero-order chi connectivity index (χ0) is 15.0. The van der Waals surface area contributed by atoms with Crippen LogP contribution in [0.2, 0.25) is 0 Å². The number of thiazole rings is 1. The van der Waals surface area contributed by atoms with Gasteiger partial charge in [0.2, 0.25) is 0 Å². The molecule has 1 unspecified atom stereocenters. The van der Waals surface area contributed by atoms with Crippen molar-refractivity contribution < 1.29 is 19.1 Å². The topological polar surface area (TPSA) is 83.6 Å². The van der Waals surface area contributed by atoms with Crippen molar-refractivity contribution >= 4 is 23.2 Å². The fraction of sp³-hybridized carbons (Fsp3) is 0.357. The Labute approximate surface area is 125 Å². The number of likely N-dealkylation sites (tertiary alicyclic amines) is 1. The van der Waals surface area contributed by atoms with Crippen LogP contribution < -0.4 is 0 Å². The van der Waals surface area contributed by atoms with E-state index in [-0.39, 0.29) is 5.91 Å². The Hall–Kier alpha value is -2.15. The molecular formula is C14H14N2O4S. The van der Waals surface area contributed by atoms with E-state index in [1.165, 1.54) is 22.4 Å². The highest BCUT2D eigenvalue weighted by Gasteiger charge is 2.46. The molecule has 7 heteroatoms. The first kappa shape index (κ1) is 13.8. The zero-order valence-electron chi connectivity index (χ0n) is 11.4. The maximum absolute atomic E-state index is 12.6. The third-order valence-corrected chi connectivity index (χ3v) is 4.80. The van der Waals surface area contributed by atoms with E-state index in [0.29, 0.717) is 35.0 Å². The lowest BCUT2D eigenvalue weighted by Gasteiger charge is -2.30. The molecule has 1 amide bonds. The summed E-state index contributed by atoms with van der Waals surface area (Å²) >= 11 is 1.21. The fourth-order valence-corrected chi connectivity index (χ4v) is 3.36. The number of aliphatic carboxylic acids is 1. The van der Waals surface area contributed by atoms with Crippen molar-refractivity contribution in [2.75, 3.05) is 6.54 Å². The van der Waals surface area contributed by atoms with E-state index >= 15 is 0 Å². The Bertz CT molecular complexity index is 679. The van der Waals surface area contributed by atoms with Crippen molar-refractivity contribution in [3.63, 3.8) is 0 Å². The standard InChI is InChI=1S/C14H14N2O4S/c1-14(13(18)19)5-3-6-16(14)12(17)10-8-15-11(21-10)9-4-2-7-20-9/h2,4,7-8H,3,5-6H2,1H3,(H,18,19). The number of furan rings is 1. The summed E-state index contributed by atoms with van der Waals surface area (Å²) in [5, 5.41) is 9.98. The highest BCUT2D eigenvalue weighted by molar-refractivity contribution is 7.16. The van der Waals surface area contributed by atoms with E-state index in [2.05, 4.69) is 4.98 Å². The lowest BCUT2D eigenvalue weighted by molar-refractivity contribution is -0.147. The van der Waals surface area contributed by atoms with Crippen molar-refractivity contribution in [3.8, 4) is 10.8 Å². The molecule has 0 bridgehead atoms. The van der Waals surface area contributed by atoms with Gasteiger partial charge in [-0.3, -0.25) is 4.79 Å². The fourth-order valence-electron chi connectivity index (χ4n) is 2.53. The molecule has 1 atom stereocenters. The van der Waals surface area contributed by atoms with Gasteiger partial charge in [-0.05, 0) is 31.9 Å². The number of hydrogen-bond acceptors (Lipinski definition) is 5. The van der Waals surface area contributed by atoms with Crippen LogP contribution in [0.15, 0.2) is 29.0 Å². The average molecular weight is 306 g/mol. The van der Waals surface area contributed by atoms with Gasteiger partial charge in [-0.2, -0.15) is 0 Å². The van der Waals surface area contributed by atoms with Crippen molar-refractivity contribution in [1.29, 1.82) is 0 Å². The number of aromatic nitrogens is 1. The number of nitrogens with zero attached hydrogens (tertiary/aromatic N) is 2. The Morgan fingerprint density at radius 1 is 1.52 bits per heavy atom. The van der Waals surface area contributed by atoms with E-state index in [1.807, 2.05) is 0 Å². The van der Waals surface area contributed by atoms with Gasteiger partial charge in [0.05, 0.1) is 12.5 Å². The van der Waals surface area contributed by atoms with Gasteiger partial charge in [-0.15, -0.1) is 11.3 Å². The van der Waals surface area contributed by atoms with Crippen LogP contribution >= 0.6 is 11.3 Å². The second kappa shape index (κ2) is 5.00. The molecule has 1 aliphatic heterocycles. The first-order chi connectivity index (χ1) is 10.0. The molecule has 1 fully saturated rings. The first-order valence-corrected chi connectivity index (χ1v) is 7.39. The van der Waals surface area contributed by atoms with Gasteiger partial charge in [-0.25, -0.2) is 9.78 Å². The Kier molecular flexibility index (Phi) is 3.29. The molecule has 0 saturated carbocycles. The van der Waals surface area contributed by atoms with Gasteiger partial charge >= 0.3 is 5.97 Å². The summed E-state index contributed by atoms with van der Waals surface area (Å²) in [5.41, 5.74) is -1.13. The third kappa shape index (κ3) is 2.23. The smallest absolute Gasteiger partial charge is 0.329 e. The van der Waals surface area contributed by atoms with Gasteiger partial charge in [0.1, 0.15) is 10.4 Å². The van der Waals surface area contributed by atoms with E-state index in [9.17, 15) is 14.7 Å². The monoisotopic (exact) mass is 306 g/mol. The van der Waals surface area contributed by atoms with Gasteiger partial charge < -0.3 is 14.4 Å². The third-order valence-electron chi connectivity index (χ3n) is 3.80. The van der Waals surface area contributed by atoms with Crippen LogP contribution in [0.5, 0.6) is 0 Å². The molecule has 0 radical (unpaired) electrons. The van der Waals surface area contributed by atoms with Crippen LogP contribution in [0.4, 0.5) is 0 Å². The summed E-state index contributed by atoms with van der Waals surface area (Å²) in [6, 6.07) is 3.52. The molecule has 3 heterocycles. The van der Waals surface area contributed by atoms with Crippen LogP contribution in [0.3, 0.4) is 0 Å². The molecule has 2 aromatic rings. The maximum Gasteiger partial charge on any atom is 0.329 e. The number of rotatable bonds is 3. The maximum atomic E-state index is 12.6. The molecule has 2 aromatic heterocycles. The summed E-state index contributed by atoms with van der Waals surface area (Å²) < 4.78 is 5.25. The Morgan fingerprint density at radius 2 is 2.33 bits per heavy atom. The van der Waals surface area contributed by atoms with Crippen molar-refractivity contribution in [3.05, 3.63) is 29.5 Å². The Morgan fingerprint density at radius 3 is 3.00 bits per heavy atom. The van der Waals surface area contributed by atoms with Crippen LogP contribution in [0.1, 0.15) is 29.4 Å². The predicted molar refractivity (Wildman–Crippen MR) is 76.1 cm³/mol. The van der Waals surface area contributed by atoms with Gasteiger partial charge in [-0.1, -0.05) is 0 Å². The molecule has 3 rings (SSSR count). The minimum absolute atomic E-state index is 0.285. The summed E-state index contributed by atoms with van der Waals surface area (Å²) in [6.07, 6.45) is 4.18. The molecule has 0 aromatic carbocycles. The van der Waals surface area contributed by atoms with Gasteiger partial charge in [0.15, 0.2) is 10.8 Å². The quantitative estimate of drug-likeness (QED) is 0.941. The van der Waals surface area contributed by atoms with Crippen LogP contribution in [-0.4, -0.2) is 39.0 Å². The summed E-state index contributed by atoms with van der Waals surface area (Å²) in [7, 11) is 0. The minimum atomic E-state index is -1.13. The van der Waals surface area contributed by atoms with Crippen molar-refractivity contribution in [1.82, 2.24) is 9.88 Å². The van der Waals surface area contributed by atoms with Crippen LogP contribution in [0, 0.1) is 0 Å². The number of carbonyl (C=O) groups excluding carboxylic acids is 1. The second-order valence-corrected chi connectivity index (χ2v) is 6.18. The largest absolute Gasteiger partial charge is 0.480 e. The highest BCUT2D eigenvalue weighted by atomic mass is 32.1. The minimum Gasteiger partial charge on any atom is -0.480 e. The molecule has 0 spiro atoms. The highest BCUT2D eigenvalue weighted by Crippen LogP contribution is 2.33. The SMILES string of the molecule is CC1(C(=O)O)CCCN1C(=O)c1cnc(-c2ccco2)s1. The van der Waals surface area contributed by atoms with Crippen molar-refractivity contribution in [2.45, 2.75) is 25.3 Å². The normalized spacial score (nSPS) is 21.7. The molecule has 6 nitrogen and oxygen atoms in total. The molecular weight excluding hydrogens is 292 g/mol. The van der Waals surface area contributed by atoms with Crippen LogP contribution in [0.25, 0.3) is 10.8 Å². The summed E-state index contributed by atoms with van der Waals surface area (Å²) in [4.78, 5) is 30.0. The van der Waals surface area contributed by atoms with E-state index < -0.39 is 11.5 Å². The predicted octanol–water partition coefficient (Wildman–Crippen LogP) is 2.48. The number of carbonyl (C=O) groups is 2. The van der Waals surface area contributed by atoms with E-state index in [4.69, 9.17) is 4.42 Å². The second-order valence-electron chi connectivity index (χ2n) is 5.15. The average Bonchev–Trinajstić information content (AvgIpc) is 3.18. The summed E-state index contributed by atoms with van der Waals surface area (Å²) in [6.45, 7) is 2.05. The molecule has 1 aliphatic rings. The molecule has 110 valence electrons. The number of carboxylic acid groups (broad SMARTS) is 1. The van der Waals surface area contributed by atoms with Gasteiger partial charge in [0.25, 0.3) is 5.91 Å². The molecule has 1 N–H and O–H groups in total. The number of carboxylic acids is 1. The lowest BCUT2D eigenvalue weighted by atomic mass is 9.99. The zero-order valence-corrected chi connectivity index (χ0v) is 12.2. The van der Waals surface area contributed by atoms with Crippen molar-refractivity contribution in [2.24, 2.45) is 0 Å². The molecule has 1 saturated heterocycles. The molecule has 0 aliphatic carbocycles. The summed E-state index contributed by atoms with van der Waals surface area (Å²) in [5.74, 6) is -0.654.